The normalized spacial score (nSPS) is 11.4. The first-order valence-corrected chi connectivity index (χ1v) is 7.27. The van der Waals surface area contributed by atoms with E-state index in [9.17, 15) is 18.1 Å². The average molecular weight is 284 g/mol. The second-order valence-corrected chi connectivity index (χ2v) is 5.86. The summed E-state index contributed by atoms with van der Waals surface area (Å²) in [6.07, 6.45) is 0. The van der Waals surface area contributed by atoms with E-state index in [2.05, 4.69) is 0 Å². The molecular formula is C11H10NO4S2-. The van der Waals surface area contributed by atoms with Crippen molar-refractivity contribution in [3.63, 3.8) is 0 Å². The molecule has 1 N–H and O–H groups in total. The van der Waals surface area contributed by atoms with Crippen LogP contribution in [0.15, 0.2) is 41.8 Å². The highest BCUT2D eigenvalue weighted by Crippen LogP contribution is 2.30. The van der Waals surface area contributed by atoms with Crippen LogP contribution < -0.4 is 4.31 Å². The van der Waals surface area contributed by atoms with E-state index in [4.69, 9.17) is 0 Å². The van der Waals surface area contributed by atoms with Gasteiger partial charge in [-0.3, -0.25) is 4.31 Å². The van der Waals surface area contributed by atoms with Crippen molar-refractivity contribution in [2.45, 2.75) is 6.54 Å². The van der Waals surface area contributed by atoms with Crippen LogP contribution >= 0.6 is 11.3 Å². The molecule has 1 aromatic heterocycles. The number of nitrogens with zero attached hydrogens (tertiary/aromatic N) is 1. The molecule has 0 aliphatic heterocycles. The Bertz CT molecular complexity index is 622. The molecule has 0 unspecified atom stereocenters. The molecule has 0 aliphatic carbocycles. The van der Waals surface area contributed by atoms with Gasteiger partial charge in [-0.05, 0) is 23.6 Å². The van der Waals surface area contributed by atoms with Gasteiger partial charge in [-0.25, -0.2) is 8.42 Å². The molecule has 0 saturated carbocycles. The fraction of sp³-hybridized carbons (Fsp3) is 0.0909. The number of rotatable bonds is 4. The van der Waals surface area contributed by atoms with Gasteiger partial charge in [0.2, 0.25) is 0 Å². The van der Waals surface area contributed by atoms with Crippen LogP contribution in [0, 0.1) is 0 Å². The third-order valence-electron chi connectivity index (χ3n) is 2.30. The number of phenolic OH excluding ortho intramolecular Hbond substituents is 1. The van der Waals surface area contributed by atoms with Crippen molar-refractivity contribution >= 4 is 27.3 Å². The molecule has 96 valence electrons. The van der Waals surface area contributed by atoms with Gasteiger partial charge in [-0.1, -0.05) is 18.2 Å². The lowest BCUT2D eigenvalue weighted by atomic mass is 10.3. The van der Waals surface area contributed by atoms with Crippen LogP contribution in [-0.4, -0.2) is 18.1 Å². The Morgan fingerprint density at radius 1 is 1.22 bits per heavy atom. The van der Waals surface area contributed by atoms with Crippen molar-refractivity contribution in [3.8, 4) is 5.75 Å². The summed E-state index contributed by atoms with van der Waals surface area (Å²) in [5.41, 5.74) is -0.0131. The summed E-state index contributed by atoms with van der Waals surface area (Å²) in [4.78, 5) is 0.720. The number of phenols is 1. The van der Waals surface area contributed by atoms with E-state index in [1.807, 2.05) is 0 Å². The molecule has 2 rings (SSSR count). The predicted molar refractivity (Wildman–Crippen MR) is 68.3 cm³/mol. The van der Waals surface area contributed by atoms with Gasteiger partial charge in [-0.2, -0.15) is 0 Å². The number of para-hydroxylation sites is 2. The number of hydrogen-bond donors (Lipinski definition) is 1. The van der Waals surface area contributed by atoms with Crippen molar-refractivity contribution in [1.82, 2.24) is 0 Å². The molecule has 2 aromatic rings. The predicted octanol–water partition coefficient (Wildman–Crippen LogP) is 1.92. The number of hydrogen-bond acceptors (Lipinski definition) is 5. The monoisotopic (exact) mass is 284 g/mol. The summed E-state index contributed by atoms with van der Waals surface area (Å²) in [5, 5.41) is 11.4. The lowest BCUT2D eigenvalue weighted by Crippen LogP contribution is -2.29. The fourth-order valence-corrected chi connectivity index (χ4v) is 2.97. The molecule has 0 amide bonds. The Hall–Kier alpha value is -1.57. The minimum Gasteiger partial charge on any atom is -0.731 e. The van der Waals surface area contributed by atoms with Crippen molar-refractivity contribution in [3.05, 3.63) is 46.7 Å². The Morgan fingerprint density at radius 3 is 2.50 bits per heavy atom. The smallest absolute Gasteiger partial charge is 0.184 e. The zero-order valence-corrected chi connectivity index (χ0v) is 10.8. The maximum absolute atomic E-state index is 11.3. The highest BCUT2D eigenvalue weighted by Gasteiger charge is 2.17. The van der Waals surface area contributed by atoms with Gasteiger partial charge in [0.25, 0.3) is 0 Å². The molecule has 0 bridgehead atoms. The Morgan fingerprint density at radius 2 is 1.94 bits per heavy atom. The quantitative estimate of drug-likeness (QED) is 0.870. The van der Waals surface area contributed by atoms with E-state index in [1.54, 1.807) is 29.6 Å². The van der Waals surface area contributed by atoms with Gasteiger partial charge in [0.1, 0.15) is 5.75 Å². The number of benzene rings is 1. The second-order valence-electron chi connectivity index (χ2n) is 3.53. The Kier molecular flexibility index (Phi) is 3.55. The van der Waals surface area contributed by atoms with Gasteiger partial charge >= 0.3 is 0 Å². The first kappa shape index (κ1) is 12.9. The molecule has 18 heavy (non-hydrogen) atoms. The zero-order chi connectivity index (χ0) is 13.2. The van der Waals surface area contributed by atoms with E-state index in [0.29, 0.717) is 4.31 Å². The minimum absolute atomic E-state index is 0.0131. The second kappa shape index (κ2) is 4.97. The summed E-state index contributed by atoms with van der Waals surface area (Å²) in [6, 6.07) is 9.32. The summed E-state index contributed by atoms with van der Waals surface area (Å²) in [7, 11) is -4.69. The van der Waals surface area contributed by atoms with Gasteiger partial charge in [0.05, 0.1) is 12.2 Å². The molecule has 7 heteroatoms. The highest BCUT2D eigenvalue weighted by molar-refractivity contribution is 7.87. The summed E-state index contributed by atoms with van der Waals surface area (Å²) in [5.74, 6) is -0.242. The van der Waals surface area contributed by atoms with Crippen LogP contribution in [-0.2, 0) is 16.8 Å². The third kappa shape index (κ3) is 2.81. The van der Waals surface area contributed by atoms with Crippen molar-refractivity contribution in [2.75, 3.05) is 4.31 Å². The van der Waals surface area contributed by atoms with Gasteiger partial charge in [-0.15, -0.1) is 11.3 Å². The zero-order valence-electron chi connectivity index (χ0n) is 9.18. The highest BCUT2D eigenvalue weighted by atomic mass is 32.2. The van der Waals surface area contributed by atoms with Crippen molar-refractivity contribution in [2.24, 2.45) is 0 Å². The number of aromatic hydroxyl groups is 1. The van der Waals surface area contributed by atoms with E-state index in [-0.39, 0.29) is 18.0 Å². The molecule has 1 aromatic carbocycles. The molecule has 0 fully saturated rings. The lowest BCUT2D eigenvalue weighted by molar-refractivity contribution is 0.451. The van der Waals surface area contributed by atoms with Crippen LogP contribution in [0.4, 0.5) is 5.69 Å². The Labute approximate surface area is 109 Å². The number of thiophene rings is 1. The molecule has 0 radical (unpaired) electrons. The standard InChI is InChI=1S/C11H11NO4S2/c13-11-6-2-1-5-10(11)12(18(14,15)16)8-9-4-3-7-17-9/h1-7,13H,8H2,(H,14,15,16)/p-1. The molecular weight excluding hydrogens is 274 g/mol. The van der Waals surface area contributed by atoms with Gasteiger partial charge in [0, 0.05) is 4.88 Å². The van der Waals surface area contributed by atoms with Crippen LogP contribution in [0.5, 0.6) is 5.75 Å². The SMILES string of the molecule is O=S(=O)([O-])N(Cc1cccs1)c1ccccc1O. The fourth-order valence-electron chi connectivity index (χ4n) is 1.50. The van der Waals surface area contributed by atoms with E-state index < -0.39 is 10.3 Å². The maximum Gasteiger partial charge on any atom is 0.184 e. The van der Waals surface area contributed by atoms with Crippen LogP contribution in [0.25, 0.3) is 0 Å². The maximum atomic E-state index is 11.3. The molecule has 0 spiro atoms. The van der Waals surface area contributed by atoms with Crippen LogP contribution in [0.2, 0.25) is 0 Å². The average Bonchev–Trinajstić information content (AvgIpc) is 2.78. The number of anilines is 1. The molecule has 5 nitrogen and oxygen atoms in total. The third-order valence-corrected chi connectivity index (χ3v) is 4.03. The first-order chi connectivity index (χ1) is 8.48. The Balaban J connectivity index is 2.41. The van der Waals surface area contributed by atoms with Crippen molar-refractivity contribution < 1.29 is 18.1 Å². The molecule has 1 heterocycles. The van der Waals surface area contributed by atoms with Gasteiger partial charge < -0.3 is 9.66 Å². The topological polar surface area (TPSA) is 80.7 Å². The summed E-state index contributed by atoms with van der Waals surface area (Å²) in [6.45, 7) is -0.0823. The largest absolute Gasteiger partial charge is 0.731 e. The summed E-state index contributed by atoms with van der Waals surface area (Å²) < 4.78 is 34.5. The minimum atomic E-state index is -4.69. The van der Waals surface area contributed by atoms with Crippen LogP contribution in [0.3, 0.4) is 0 Å². The first-order valence-electron chi connectivity index (χ1n) is 5.02. The molecule has 0 aliphatic rings. The van der Waals surface area contributed by atoms with E-state index in [0.717, 1.165) is 4.88 Å². The van der Waals surface area contributed by atoms with Crippen molar-refractivity contribution in [1.29, 1.82) is 0 Å². The van der Waals surface area contributed by atoms with Crippen LogP contribution in [0.1, 0.15) is 4.88 Å². The van der Waals surface area contributed by atoms with E-state index in [1.165, 1.54) is 23.5 Å². The lowest BCUT2D eigenvalue weighted by Gasteiger charge is -2.27. The summed E-state index contributed by atoms with van der Waals surface area (Å²) >= 11 is 1.34. The van der Waals surface area contributed by atoms with E-state index >= 15 is 0 Å². The van der Waals surface area contributed by atoms with Gasteiger partial charge in [0.15, 0.2) is 10.3 Å². The molecule has 0 atom stereocenters. The molecule has 0 saturated heterocycles.